The number of benzene rings is 1. The molecular formula is C17H26ClFN2. The van der Waals surface area contributed by atoms with Crippen molar-refractivity contribution < 1.29 is 4.39 Å². The summed E-state index contributed by atoms with van der Waals surface area (Å²) in [7, 11) is 0. The summed E-state index contributed by atoms with van der Waals surface area (Å²) in [6.45, 7) is 7.86. The molecule has 0 amide bonds. The van der Waals surface area contributed by atoms with E-state index in [4.69, 9.17) is 11.6 Å². The van der Waals surface area contributed by atoms with E-state index in [1.54, 1.807) is 6.07 Å². The molecule has 0 aromatic heterocycles. The molecule has 1 aromatic rings. The van der Waals surface area contributed by atoms with Gasteiger partial charge in [-0.15, -0.1) is 0 Å². The summed E-state index contributed by atoms with van der Waals surface area (Å²) in [5, 5.41) is 3.93. The first-order valence-corrected chi connectivity index (χ1v) is 8.42. The van der Waals surface area contributed by atoms with Crippen LogP contribution in [0.5, 0.6) is 0 Å². The van der Waals surface area contributed by atoms with Gasteiger partial charge in [0.05, 0.1) is 0 Å². The molecule has 118 valence electrons. The summed E-state index contributed by atoms with van der Waals surface area (Å²) < 4.78 is 14.6. The first-order chi connectivity index (χ1) is 10.1. The Kier molecular flexibility index (Phi) is 6.46. The van der Waals surface area contributed by atoms with Crippen LogP contribution in [0.3, 0.4) is 0 Å². The number of piperazine rings is 1. The quantitative estimate of drug-likeness (QED) is 0.787. The van der Waals surface area contributed by atoms with Crippen molar-refractivity contribution in [1.29, 1.82) is 0 Å². The van der Waals surface area contributed by atoms with E-state index in [2.05, 4.69) is 17.1 Å². The van der Waals surface area contributed by atoms with Crippen LogP contribution in [0, 0.1) is 12.7 Å². The average Bonchev–Trinajstić information content (AvgIpc) is 2.51. The van der Waals surface area contributed by atoms with Gasteiger partial charge in [0.25, 0.3) is 0 Å². The summed E-state index contributed by atoms with van der Waals surface area (Å²) in [6, 6.07) is 3.71. The Morgan fingerprint density at radius 3 is 2.67 bits per heavy atom. The molecule has 1 aliphatic rings. The van der Waals surface area contributed by atoms with Crippen LogP contribution in [0.2, 0.25) is 5.02 Å². The Morgan fingerprint density at radius 1 is 1.29 bits per heavy atom. The molecule has 0 radical (unpaired) electrons. The summed E-state index contributed by atoms with van der Waals surface area (Å²) >= 11 is 6.35. The lowest BCUT2D eigenvalue weighted by Crippen LogP contribution is -2.45. The Hall–Kier alpha value is -0.640. The molecule has 2 nitrogen and oxygen atoms in total. The van der Waals surface area contributed by atoms with Gasteiger partial charge in [-0.3, -0.25) is 4.90 Å². The van der Waals surface area contributed by atoms with Gasteiger partial charge in [0.15, 0.2) is 0 Å². The number of hydrogen-bond acceptors (Lipinski definition) is 2. The Morgan fingerprint density at radius 2 is 2.00 bits per heavy atom. The number of nitrogens with one attached hydrogen (secondary N) is 1. The second-order valence-corrected chi connectivity index (χ2v) is 6.30. The van der Waals surface area contributed by atoms with E-state index < -0.39 is 0 Å². The van der Waals surface area contributed by atoms with E-state index in [1.165, 1.54) is 12.8 Å². The van der Waals surface area contributed by atoms with E-state index in [0.29, 0.717) is 16.1 Å². The minimum absolute atomic E-state index is 0.103. The molecule has 1 fully saturated rings. The molecule has 0 spiro atoms. The van der Waals surface area contributed by atoms with Gasteiger partial charge in [0.2, 0.25) is 0 Å². The predicted octanol–water partition coefficient (Wildman–Crippen LogP) is 4.31. The SMILES string of the molecule is CCCCC[C@@H](c1c(Cl)ccc(C)c1F)N1CCNCC1. The first-order valence-electron chi connectivity index (χ1n) is 8.04. The molecule has 0 unspecified atom stereocenters. The first kappa shape index (κ1) is 16.7. The summed E-state index contributed by atoms with van der Waals surface area (Å²) in [5.74, 6) is -0.123. The third-order valence-electron chi connectivity index (χ3n) is 4.33. The highest BCUT2D eigenvalue weighted by Gasteiger charge is 2.27. The minimum atomic E-state index is -0.123. The number of aryl methyl sites for hydroxylation is 1. The van der Waals surface area contributed by atoms with Gasteiger partial charge in [0, 0.05) is 42.8 Å². The van der Waals surface area contributed by atoms with Crippen LogP contribution in [-0.2, 0) is 0 Å². The van der Waals surface area contributed by atoms with Crippen LogP contribution in [-0.4, -0.2) is 31.1 Å². The highest BCUT2D eigenvalue weighted by atomic mass is 35.5. The van der Waals surface area contributed by atoms with E-state index in [0.717, 1.165) is 39.0 Å². The lowest BCUT2D eigenvalue weighted by atomic mass is 9.96. The van der Waals surface area contributed by atoms with E-state index in [-0.39, 0.29) is 11.9 Å². The fourth-order valence-electron chi connectivity index (χ4n) is 3.07. The second kappa shape index (κ2) is 8.11. The molecule has 21 heavy (non-hydrogen) atoms. The number of nitrogens with zero attached hydrogens (tertiary/aromatic N) is 1. The zero-order valence-corrected chi connectivity index (χ0v) is 13.8. The van der Waals surface area contributed by atoms with Crippen molar-refractivity contribution in [3.63, 3.8) is 0 Å². The molecule has 4 heteroatoms. The molecule has 1 N–H and O–H groups in total. The van der Waals surface area contributed by atoms with Crippen molar-refractivity contribution >= 4 is 11.6 Å². The topological polar surface area (TPSA) is 15.3 Å². The Balaban J connectivity index is 2.27. The zero-order chi connectivity index (χ0) is 15.2. The standard InChI is InChI=1S/C17H26ClFN2/c1-3-4-5-6-15(21-11-9-20-10-12-21)16-14(18)8-7-13(2)17(16)19/h7-8,15,20H,3-6,9-12H2,1-2H3/t15-/m0/s1. The molecule has 2 rings (SSSR count). The van der Waals surface area contributed by atoms with Crippen molar-refractivity contribution in [3.8, 4) is 0 Å². The van der Waals surface area contributed by atoms with Gasteiger partial charge in [0.1, 0.15) is 5.82 Å². The second-order valence-electron chi connectivity index (χ2n) is 5.89. The average molecular weight is 313 g/mol. The number of rotatable bonds is 6. The summed E-state index contributed by atoms with van der Waals surface area (Å²) in [6.07, 6.45) is 4.47. The van der Waals surface area contributed by atoms with Gasteiger partial charge < -0.3 is 5.32 Å². The van der Waals surface area contributed by atoms with Crippen molar-refractivity contribution in [2.75, 3.05) is 26.2 Å². The molecule has 1 heterocycles. The lowest BCUT2D eigenvalue weighted by molar-refractivity contribution is 0.159. The smallest absolute Gasteiger partial charge is 0.132 e. The lowest BCUT2D eigenvalue weighted by Gasteiger charge is -2.36. The fraction of sp³-hybridized carbons (Fsp3) is 0.647. The van der Waals surface area contributed by atoms with Crippen LogP contribution < -0.4 is 5.32 Å². The largest absolute Gasteiger partial charge is 0.314 e. The highest BCUT2D eigenvalue weighted by molar-refractivity contribution is 6.31. The zero-order valence-electron chi connectivity index (χ0n) is 13.1. The van der Waals surface area contributed by atoms with Crippen molar-refractivity contribution in [2.45, 2.75) is 45.6 Å². The molecule has 1 saturated heterocycles. The molecule has 0 saturated carbocycles. The van der Waals surface area contributed by atoms with Crippen LogP contribution in [0.1, 0.15) is 49.8 Å². The molecule has 1 atom stereocenters. The Labute approximate surface area is 132 Å². The predicted molar refractivity (Wildman–Crippen MR) is 87.5 cm³/mol. The van der Waals surface area contributed by atoms with Crippen molar-refractivity contribution in [2.24, 2.45) is 0 Å². The van der Waals surface area contributed by atoms with Gasteiger partial charge in [-0.2, -0.15) is 0 Å². The van der Waals surface area contributed by atoms with Gasteiger partial charge >= 0.3 is 0 Å². The van der Waals surface area contributed by atoms with Crippen LogP contribution >= 0.6 is 11.6 Å². The normalized spacial score (nSPS) is 17.9. The molecule has 0 aliphatic carbocycles. The Bertz CT molecular complexity index is 458. The number of hydrogen-bond donors (Lipinski definition) is 1. The maximum atomic E-state index is 14.6. The van der Waals surface area contributed by atoms with E-state index in [1.807, 2.05) is 13.0 Å². The molecule has 1 aliphatic heterocycles. The van der Waals surface area contributed by atoms with Gasteiger partial charge in [-0.1, -0.05) is 43.9 Å². The minimum Gasteiger partial charge on any atom is -0.314 e. The maximum absolute atomic E-state index is 14.6. The maximum Gasteiger partial charge on any atom is 0.132 e. The number of unbranched alkanes of at least 4 members (excludes halogenated alkanes) is 2. The molecular weight excluding hydrogens is 287 g/mol. The van der Waals surface area contributed by atoms with Crippen molar-refractivity contribution in [1.82, 2.24) is 10.2 Å². The summed E-state index contributed by atoms with van der Waals surface area (Å²) in [4.78, 5) is 2.38. The van der Waals surface area contributed by atoms with Gasteiger partial charge in [-0.05, 0) is 25.0 Å². The van der Waals surface area contributed by atoms with E-state index >= 15 is 0 Å². The fourth-order valence-corrected chi connectivity index (χ4v) is 3.35. The third-order valence-corrected chi connectivity index (χ3v) is 4.66. The molecule has 0 bridgehead atoms. The summed E-state index contributed by atoms with van der Waals surface area (Å²) in [5.41, 5.74) is 1.39. The highest BCUT2D eigenvalue weighted by Crippen LogP contribution is 2.35. The number of halogens is 2. The van der Waals surface area contributed by atoms with Crippen LogP contribution in [0.25, 0.3) is 0 Å². The van der Waals surface area contributed by atoms with Crippen molar-refractivity contribution in [3.05, 3.63) is 34.1 Å². The van der Waals surface area contributed by atoms with Crippen LogP contribution in [0.15, 0.2) is 12.1 Å². The van der Waals surface area contributed by atoms with Crippen LogP contribution in [0.4, 0.5) is 4.39 Å². The third kappa shape index (κ3) is 4.18. The molecule has 1 aromatic carbocycles. The monoisotopic (exact) mass is 312 g/mol. The van der Waals surface area contributed by atoms with Gasteiger partial charge in [-0.25, -0.2) is 4.39 Å². The van der Waals surface area contributed by atoms with E-state index in [9.17, 15) is 4.39 Å².